The van der Waals surface area contributed by atoms with E-state index in [2.05, 4.69) is 35.4 Å². The van der Waals surface area contributed by atoms with Crippen molar-refractivity contribution in [1.29, 1.82) is 5.26 Å². The van der Waals surface area contributed by atoms with Crippen LogP contribution in [0.1, 0.15) is 18.1 Å². The molecule has 0 fully saturated rings. The van der Waals surface area contributed by atoms with Crippen molar-refractivity contribution >= 4 is 22.3 Å². The molecule has 5 heteroatoms. The Bertz CT molecular complexity index is 939. The fourth-order valence-corrected chi connectivity index (χ4v) is 2.70. The summed E-state index contributed by atoms with van der Waals surface area (Å²) in [4.78, 5) is 4.39. The van der Waals surface area contributed by atoms with Gasteiger partial charge in [0.05, 0.1) is 31.0 Å². The number of aryl methyl sites for hydroxylation is 1. The monoisotopic (exact) mass is 333 g/mol. The normalized spacial score (nSPS) is 10.3. The number of ether oxygens (including phenoxy) is 2. The second-order valence-corrected chi connectivity index (χ2v) is 5.59. The summed E-state index contributed by atoms with van der Waals surface area (Å²) in [5.74, 6) is 1.35. The number of nitrogens with zero attached hydrogens (tertiary/aromatic N) is 2. The number of nitrogens with one attached hydrogen (secondary N) is 1. The SMILES string of the molecule is CCc1ccc2ncc(C#N)c(Nc3cc(OC)cc(OC)c3)c2c1. The van der Waals surface area contributed by atoms with E-state index in [1.165, 1.54) is 5.56 Å². The Balaban J connectivity index is 2.16. The molecule has 3 rings (SSSR count). The lowest BCUT2D eigenvalue weighted by Gasteiger charge is -2.14. The molecule has 5 nitrogen and oxygen atoms in total. The molecular weight excluding hydrogens is 314 g/mol. The van der Waals surface area contributed by atoms with Crippen LogP contribution in [0.2, 0.25) is 0 Å². The Morgan fingerprint density at radius 3 is 2.40 bits per heavy atom. The molecule has 126 valence electrons. The molecule has 3 aromatic rings. The van der Waals surface area contributed by atoms with Crippen molar-refractivity contribution in [3.63, 3.8) is 0 Å². The zero-order chi connectivity index (χ0) is 17.8. The van der Waals surface area contributed by atoms with Crippen LogP contribution in [-0.4, -0.2) is 19.2 Å². The van der Waals surface area contributed by atoms with Gasteiger partial charge in [-0.15, -0.1) is 0 Å². The van der Waals surface area contributed by atoms with Crippen LogP contribution in [0.15, 0.2) is 42.6 Å². The molecule has 0 bridgehead atoms. The van der Waals surface area contributed by atoms with Gasteiger partial charge in [0.25, 0.3) is 0 Å². The largest absolute Gasteiger partial charge is 0.497 e. The maximum Gasteiger partial charge on any atom is 0.124 e. The first kappa shape index (κ1) is 16.6. The lowest BCUT2D eigenvalue weighted by Crippen LogP contribution is -1.98. The highest BCUT2D eigenvalue weighted by Gasteiger charge is 2.11. The zero-order valence-electron chi connectivity index (χ0n) is 14.5. The number of aromatic nitrogens is 1. The minimum Gasteiger partial charge on any atom is -0.497 e. The Morgan fingerprint density at radius 2 is 1.80 bits per heavy atom. The van der Waals surface area contributed by atoms with E-state index in [4.69, 9.17) is 9.47 Å². The van der Waals surface area contributed by atoms with Crippen LogP contribution in [0.4, 0.5) is 11.4 Å². The maximum absolute atomic E-state index is 9.50. The Kier molecular flexibility index (Phi) is 4.71. The molecule has 0 aliphatic carbocycles. The smallest absolute Gasteiger partial charge is 0.124 e. The van der Waals surface area contributed by atoms with Crippen molar-refractivity contribution in [2.45, 2.75) is 13.3 Å². The second kappa shape index (κ2) is 7.10. The summed E-state index contributed by atoms with van der Waals surface area (Å²) in [5, 5.41) is 13.8. The van der Waals surface area contributed by atoms with E-state index >= 15 is 0 Å². The molecule has 1 N–H and O–H groups in total. The van der Waals surface area contributed by atoms with Crippen molar-refractivity contribution in [3.8, 4) is 17.6 Å². The predicted octanol–water partition coefficient (Wildman–Crippen LogP) is 4.43. The van der Waals surface area contributed by atoms with Crippen molar-refractivity contribution in [3.05, 3.63) is 53.7 Å². The summed E-state index contributed by atoms with van der Waals surface area (Å²) in [7, 11) is 3.21. The van der Waals surface area contributed by atoms with E-state index in [1.54, 1.807) is 26.5 Å². The first-order chi connectivity index (χ1) is 12.2. The van der Waals surface area contributed by atoms with Crippen LogP contribution in [0.5, 0.6) is 11.5 Å². The predicted molar refractivity (Wildman–Crippen MR) is 98.7 cm³/mol. The average molecular weight is 333 g/mol. The summed E-state index contributed by atoms with van der Waals surface area (Å²) in [6, 6.07) is 13.8. The van der Waals surface area contributed by atoms with E-state index < -0.39 is 0 Å². The van der Waals surface area contributed by atoms with Crippen molar-refractivity contribution in [2.24, 2.45) is 0 Å². The minimum absolute atomic E-state index is 0.488. The number of fused-ring (bicyclic) bond motifs is 1. The van der Waals surface area contributed by atoms with Gasteiger partial charge < -0.3 is 14.8 Å². The van der Waals surface area contributed by atoms with Gasteiger partial charge in [0.2, 0.25) is 0 Å². The maximum atomic E-state index is 9.50. The quantitative estimate of drug-likeness (QED) is 0.748. The lowest BCUT2D eigenvalue weighted by atomic mass is 10.0. The number of nitriles is 1. The topological polar surface area (TPSA) is 67.2 Å². The molecule has 0 amide bonds. The van der Waals surface area contributed by atoms with Gasteiger partial charge in [-0.25, -0.2) is 0 Å². The van der Waals surface area contributed by atoms with Gasteiger partial charge in [-0.3, -0.25) is 4.98 Å². The third-order valence-corrected chi connectivity index (χ3v) is 4.08. The molecule has 0 unspecified atom stereocenters. The number of hydrogen-bond donors (Lipinski definition) is 1. The lowest BCUT2D eigenvalue weighted by molar-refractivity contribution is 0.395. The third kappa shape index (κ3) is 3.33. The van der Waals surface area contributed by atoms with E-state index in [-0.39, 0.29) is 0 Å². The molecule has 0 radical (unpaired) electrons. The van der Waals surface area contributed by atoms with Crippen molar-refractivity contribution in [2.75, 3.05) is 19.5 Å². The van der Waals surface area contributed by atoms with Gasteiger partial charge >= 0.3 is 0 Å². The van der Waals surface area contributed by atoms with E-state index in [9.17, 15) is 5.26 Å². The fraction of sp³-hybridized carbons (Fsp3) is 0.200. The van der Waals surface area contributed by atoms with E-state index in [1.807, 2.05) is 18.2 Å². The summed E-state index contributed by atoms with van der Waals surface area (Å²) in [6.45, 7) is 2.10. The van der Waals surface area contributed by atoms with Gasteiger partial charge in [-0.2, -0.15) is 5.26 Å². The number of rotatable bonds is 5. The van der Waals surface area contributed by atoms with Gasteiger partial charge in [-0.1, -0.05) is 13.0 Å². The molecule has 0 aliphatic heterocycles. The third-order valence-electron chi connectivity index (χ3n) is 4.08. The zero-order valence-corrected chi connectivity index (χ0v) is 14.5. The van der Waals surface area contributed by atoms with Gasteiger partial charge in [0, 0.05) is 35.5 Å². The molecule has 0 saturated carbocycles. The highest BCUT2D eigenvalue weighted by atomic mass is 16.5. The molecule has 0 spiro atoms. The van der Waals surface area contributed by atoms with Crippen molar-refractivity contribution in [1.82, 2.24) is 4.98 Å². The van der Waals surface area contributed by atoms with Crippen LogP contribution < -0.4 is 14.8 Å². The average Bonchev–Trinajstić information content (AvgIpc) is 2.67. The van der Waals surface area contributed by atoms with E-state index in [0.717, 1.165) is 28.7 Å². The Morgan fingerprint density at radius 1 is 1.08 bits per heavy atom. The Labute approximate surface area is 146 Å². The van der Waals surface area contributed by atoms with Crippen LogP contribution in [-0.2, 0) is 6.42 Å². The van der Waals surface area contributed by atoms with Gasteiger partial charge in [0.1, 0.15) is 17.6 Å². The highest BCUT2D eigenvalue weighted by Crippen LogP contribution is 2.33. The number of anilines is 2. The molecule has 0 saturated heterocycles. The summed E-state index contributed by atoms with van der Waals surface area (Å²) in [6.07, 6.45) is 2.51. The number of benzene rings is 2. The molecule has 1 heterocycles. The molecular formula is C20H19N3O2. The van der Waals surface area contributed by atoms with Gasteiger partial charge in [-0.05, 0) is 24.1 Å². The summed E-state index contributed by atoms with van der Waals surface area (Å²) >= 11 is 0. The Hall–Kier alpha value is -3.26. The van der Waals surface area contributed by atoms with Crippen molar-refractivity contribution < 1.29 is 9.47 Å². The molecule has 1 aromatic heterocycles. The van der Waals surface area contributed by atoms with Crippen LogP contribution in [0, 0.1) is 11.3 Å². The summed E-state index contributed by atoms with van der Waals surface area (Å²) in [5.41, 5.74) is 4.03. The molecule has 25 heavy (non-hydrogen) atoms. The number of hydrogen-bond acceptors (Lipinski definition) is 5. The van der Waals surface area contributed by atoms with Gasteiger partial charge in [0.15, 0.2) is 0 Å². The number of methoxy groups -OCH3 is 2. The molecule has 0 aliphatic rings. The number of pyridine rings is 1. The minimum atomic E-state index is 0.488. The first-order valence-electron chi connectivity index (χ1n) is 8.00. The molecule has 0 atom stereocenters. The fourth-order valence-electron chi connectivity index (χ4n) is 2.70. The van der Waals surface area contributed by atoms with Crippen LogP contribution in [0.3, 0.4) is 0 Å². The highest BCUT2D eigenvalue weighted by molar-refractivity contribution is 5.96. The van der Waals surface area contributed by atoms with Crippen LogP contribution in [0.25, 0.3) is 10.9 Å². The van der Waals surface area contributed by atoms with E-state index in [0.29, 0.717) is 17.1 Å². The molecule has 2 aromatic carbocycles. The first-order valence-corrected chi connectivity index (χ1v) is 8.00. The van der Waals surface area contributed by atoms with Crippen LogP contribution >= 0.6 is 0 Å². The summed E-state index contributed by atoms with van der Waals surface area (Å²) < 4.78 is 10.6. The standard InChI is InChI=1S/C20H19N3O2/c1-4-13-5-6-19-18(7-13)20(14(11-21)12-22-19)23-15-8-16(24-2)10-17(9-15)25-3/h5-10,12H,4H2,1-3H3,(H,22,23). The second-order valence-electron chi connectivity index (χ2n) is 5.59.